The molecule has 0 spiro atoms. The number of carbonyl (C=O) groups is 1. The van der Waals surface area contributed by atoms with E-state index in [1.165, 1.54) is 6.08 Å². The highest BCUT2D eigenvalue weighted by Crippen LogP contribution is 2.12. The van der Waals surface area contributed by atoms with E-state index >= 15 is 0 Å². The van der Waals surface area contributed by atoms with Gasteiger partial charge in [0.15, 0.2) is 0 Å². The molecular weight excluding hydrogens is 254 g/mol. The molecule has 0 bridgehead atoms. The van der Waals surface area contributed by atoms with Crippen LogP contribution in [0.4, 0.5) is 5.82 Å². The second-order valence-electron chi connectivity index (χ2n) is 4.63. The largest absolute Gasteiger partial charge is 0.463 e. The van der Waals surface area contributed by atoms with Crippen molar-refractivity contribution in [2.45, 2.75) is 6.92 Å². The average molecular weight is 275 g/mol. The molecule has 20 heavy (non-hydrogen) atoms. The van der Waals surface area contributed by atoms with Gasteiger partial charge in [-0.1, -0.05) is 12.1 Å². The molecule has 0 aromatic carbocycles. The van der Waals surface area contributed by atoms with Crippen molar-refractivity contribution in [1.82, 2.24) is 9.88 Å². The van der Waals surface area contributed by atoms with Crippen LogP contribution in [0.25, 0.3) is 0 Å². The predicted octanol–water partition coefficient (Wildman–Crippen LogP) is 1.32. The second kappa shape index (κ2) is 7.65. The van der Waals surface area contributed by atoms with E-state index in [1.54, 1.807) is 0 Å². The van der Waals surface area contributed by atoms with Crippen LogP contribution in [0.1, 0.15) is 6.92 Å². The molecule has 0 saturated carbocycles. The summed E-state index contributed by atoms with van der Waals surface area (Å²) in [5, 5.41) is 0. The highest BCUT2D eigenvalue weighted by molar-refractivity contribution is 5.81. The standard InChI is InChI=1S/C15H21N3O2/c1-2-20-15(19)7-5-9-17-10-12-18(13-11-17)14-6-3-4-8-16-14/h3-8H,2,9-13H2,1H3/b7-5+. The van der Waals surface area contributed by atoms with Crippen LogP contribution in [-0.2, 0) is 9.53 Å². The zero-order valence-electron chi connectivity index (χ0n) is 11.9. The van der Waals surface area contributed by atoms with Gasteiger partial charge in [0.2, 0.25) is 0 Å². The van der Waals surface area contributed by atoms with Gasteiger partial charge in [-0.2, -0.15) is 0 Å². The molecule has 1 aromatic rings. The zero-order chi connectivity index (χ0) is 14.2. The van der Waals surface area contributed by atoms with Crippen molar-refractivity contribution in [1.29, 1.82) is 0 Å². The number of aromatic nitrogens is 1. The molecule has 5 nitrogen and oxygen atoms in total. The first-order valence-corrected chi connectivity index (χ1v) is 7.01. The van der Waals surface area contributed by atoms with E-state index in [4.69, 9.17) is 4.74 Å². The van der Waals surface area contributed by atoms with E-state index in [0.29, 0.717) is 6.61 Å². The van der Waals surface area contributed by atoms with Crippen LogP contribution in [0.15, 0.2) is 36.5 Å². The number of esters is 1. The average Bonchev–Trinajstić information content (AvgIpc) is 2.49. The van der Waals surface area contributed by atoms with Crippen LogP contribution in [0.3, 0.4) is 0 Å². The third-order valence-corrected chi connectivity index (χ3v) is 3.25. The predicted molar refractivity (Wildman–Crippen MR) is 78.7 cm³/mol. The molecule has 5 heteroatoms. The van der Waals surface area contributed by atoms with Gasteiger partial charge in [0.25, 0.3) is 0 Å². The topological polar surface area (TPSA) is 45.7 Å². The Morgan fingerprint density at radius 3 is 2.80 bits per heavy atom. The minimum atomic E-state index is -0.264. The fraction of sp³-hybridized carbons (Fsp3) is 0.467. The molecule has 0 aliphatic carbocycles. The van der Waals surface area contributed by atoms with Crippen LogP contribution < -0.4 is 4.90 Å². The van der Waals surface area contributed by atoms with Crippen LogP contribution in [0.2, 0.25) is 0 Å². The van der Waals surface area contributed by atoms with Gasteiger partial charge in [-0.25, -0.2) is 9.78 Å². The Bertz CT molecular complexity index is 440. The van der Waals surface area contributed by atoms with E-state index in [9.17, 15) is 4.79 Å². The summed E-state index contributed by atoms with van der Waals surface area (Å²) in [6.07, 6.45) is 5.20. The molecule has 1 aliphatic rings. The highest BCUT2D eigenvalue weighted by atomic mass is 16.5. The molecule has 0 amide bonds. The summed E-state index contributed by atoms with van der Waals surface area (Å²) in [4.78, 5) is 20.1. The summed E-state index contributed by atoms with van der Waals surface area (Å²) < 4.78 is 4.85. The number of pyridine rings is 1. The number of piperazine rings is 1. The maximum Gasteiger partial charge on any atom is 0.330 e. The van der Waals surface area contributed by atoms with Crippen molar-refractivity contribution in [3.8, 4) is 0 Å². The van der Waals surface area contributed by atoms with Crippen molar-refractivity contribution in [2.75, 3.05) is 44.2 Å². The van der Waals surface area contributed by atoms with Gasteiger partial charge in [-0.15, -0.1) is 0 Å². The van der Waals surface area contributed by atoms with Crippen LogP contribution in [0, 0.1) is 0 Å². The molecule has 1 aromatic heterocycles. The lowest BCUT2D eigenvalue weighted by Crippen LogP contribution is -2.46. The normalized spacial score (nSPS) is 16.6. The maximum absolute atomic E-state index is 11.2. The van der Waals surface area contributed by atoms with Crippen molar-refractivity contribution in [3.63, 3.8) is 0 Å². The first kappa shape index (κ1) is 14.5. The monoisotopic (exact) mass is 275 g/mol. The summed E-state index contributed by atoms with van der Waals surface area (Å²) in [6.45, 7) is 6.89. The maximum atomic E-state index is 11.2. The lowest BCUT2D eigenvalue weighted by molar-refractivity contribution is -0.137. The Labute approximate surface area is 119 Å². The summed E-state index contributed by atoms with van der Waals surface area (Å²) >= 11 is 0. The lowest BCUT2D eigenvalue weighted by atomic mass is 10.3. The lowest BCUT2D eigenvalue weighted by Gasteiger charge is -2.34. The molecule has 0 radical (unpaired) electrons. The fourth-order valence-corrected chi connectivity index (χ4v) is 2.19. The van der Waals surface area contributed by atoms with E-state index in [0.717, 1.165) is 38.5 Å². The molecule has 1 aliphatic heterocycles. The van der Waals surface area contributed by atoms with E-state index in [-0.39, 0.29) is 5.97 Å². The number of nitrogens with zero attached hydrogens (tertiary/aromatic N) is 3. The molecule has 0 unspecified atom stereocenters. The van der Waals surface area contributed by atoms with Crippen molar-refractivity contribution in [3.05, 3.63) is 36.5 Å². The SMILES string of the molecule is CCOC(=O)/C=C/CN1CCN(c2ccccn2)CC1. The number of rotatable bonds is 5. The smallest absolute Gasteiger partial charge is 0.330 e. The fourth-order valence-electron chi connectivity index (χ4n) is 2.19. The molecule has 0 atom stereocenters. The summed E-state index contributed by atoms with van der Waals surface area (Å²) in [6, 6.07) is 5.98. The summed E-state index contributed by atoms with van der Waals surface area (Å²) in [5.74, 6) is 0.772. The molecule has 1 fully saturated rings. The Morgan fingerprint density at radius 2 is 2.15 bits per heavy atom. The first-order chi connectivity index (χ1) is 9.79. The van der Waals surface area contributed by atoms with E-state index in [1.807, 2.05) is 37.4 Å². The Kier molecular flexibility index (Phi) is 5.55. The number of anilines is 1. The molecule has 0 N–H and O–H groups in total. The number of hydrogen-bond acceptors (Lipinski definition) is 5. The van der Waals surface area contributed by atoms with Gasteiger partial charge in [0.1, 0.15) is 5.82 Å². The zero-order valence-corrected chi connectivity index (χ0v) is 11.9. The minimum absolute atomic E-state index is 0.264. The van der Waals surface area contributed by atoms with Gasteiger partial charge >= 0.3 is 5.97 Å². The molecule has 108 valence electrons. The Morgan fingerprint density at radius 1 is 1.35 bits per heavy atom. The Hall–Kier alpha value is -1.88. The molecule has 1 saturated heterocycles. The summed E-state index contributed by atoms with van der Waals surface area (Å²) in [5.41, 5.74) is 0. The Balaban J connectivity index is 1.73. The third kappa shape index (κ3) is 4.35. The molecule has 2 heterocycles. The van der Waals surface area contributed by atoms with E-state index in [2.05, 4.69) is 14.8 Å². The van der Waals surface area contributed by atoms with Crippen molar-refractivity contribution in [2.24, 2.45) is 0 Å². The number of hydrogen-bond donors (Lipinski definition) is 0. The quantitative estimate of drug-likeness (QED) is 0.599. The summed E-state index contributed by atoms with van der Waals surface area (Å²) in [7, 11) is 0. The highest BCUT2D eigenvalue weighted by Gasteiger charge is 2.16. The van der Waals surface area contributed by atoms with Gasteiger partial charge in [-0.05, 0) is 19.1 Å². The number of carbonyl (C=O) groups excluding carboxylic acids is 1. The van der Waals surface area contributed by atoms with E-state index < -0.39 is 0 Å². The van der Waals surface area contributed by atoms with Crippen molar-refractivity contribution < 1.29 is 9.53 Å². The molecule has 2 rings (SSSR count). The van der Waals surface area contributed by atoms with Crippen LogP contribution in [-0.4, -0.2) is 55.2 Å². The third-order valence-electron chi connectivity index (χ3n) is 3.25. The molecular formula is C15H21N3O2. The first-order valence-electron chi connectivity index (χ1n) is 7.01. The number of ether oxygens (including phenoxy) is 1. The van der Waals surface area contributed by atoms with Crippen molar-refractivity contribution >= 4 is 11.8 Å². The van der Waals surface area contributed by atoms with Gasteiger partial charge in [0.05, 0.1) is 6.61 Å². The van der Waals surface area contributed by atoms with Crippen LogP contribution >= 0.6 is 0 Å². The minimum Gasteiger partial charge on any atom is -0.463 e. The van der Waals surface area contributed by atoms with Crippen LogP contribution in [0.5, 0.6) is 0 Å². The van der Waals surface area contributed by atoms with Gasteiger partial charge < -0.3 is 9.64 Å². The van der Waals surface area contributed by atoms with Gasteiger partial charge in [0, 0.05) is 45.0 Å². The van der Waals surface area contributed by atoms with Gasteiger partial charge in [-0.3, -0.25) is 4.90 Å². The second-order valence-corrected chi connectivity index (χ2v) is 4.63.